The van der Waals surface area contributed by atoms with Gasteiger partial charge >= 0.3 is 6.09 Å². The molecule has 3 amide bonds. The first-order valence-electron chi connectivity index (χ1n) is 15.1. The van der Waals surface area contributed by atoms with E-state index < -0.39 is 11.7 Å². The van der Waals surface area contributed by atoms with Crippen LogP contribution >= 0.6 is 0 Å². The van der Waals surface area contributed by atoms with Crippen molar-refractivity contribution in [1.82, 2.24) is 0 Å². The number of Topliss-reactive ketones (excluding diaryl/α,β-unsaturated/α-hetero) is 1. The van der Waals surface area contributed by atoms with Crippen molar-refractivity contribution in [2.24, 2.45) is 40.2 Å². The minimum absolute atomic E-state index is 0.00612. The van der Waals surface area contributed by atoms with Crippen LogP contribution in [0, 0.1) is 34.5 Å². The van der Waals surface area contributed by atoms with Crippen LogP contribution in [0.2, 0.25) is 0 Å². The third-order valence-corrected chi connectivity index (χ3v) is 10.6. The number of benzene rings is 1. The minimum Gasteiger partial charge on any atom is -0.443 e. The Bertz CT molecular complexity index is 1220. The number of nitrogens with two attached hydrogens (primary N) is 1. The summed E-state index contributed by atoms with van der Waals surface area (Å²) in [5, 5.41) is 0. The topological polar surface area (TPSA) is 110 Å². The van der Waals surface area contributed by atoms with Gasteiger partial charge in [-0.05, 0) is 108 Å². The molecule has 5 saturated carbocycles. The fraction of sp³-hybridized carbons (Fsp3) is 0.688. The van der Waals surface area contributed by atoms with Gasteiger partial charge in [0.05, 0.1) is 11.4 Å². The average Bonchev–Trinajstić information content (AvgIpc) is 3.68. The van der Waals surface area contributed by atoms with Gasteiger partial charge in [0.1, 0.15) is 11.4 Å². The number of nitrogens with zero attached hydrogens (tertiary/aromatic N) is 2. The highest BCUT2D eigenvalue weighted by molar-refractivity contribution is 6.02. The van der Waals surface area contributed by atoms with Crippen LogP contribution < -0.4 is 15.5 Å². The summed E-state index contributed by atoms with van der Waals surface area (Å²) >= 11 is 0. The van der Waals surface area contributed by atoms with E-state index in [-0.39, 0.29) is 22.6 Å². The van der Waals surface area contributed by atoms with Crippen molar-refractivity contribution >= 4 is 35.1 Å². The maximum Gasteiger partial charge on any atom is 0.414 e. The molecule has 2 unspecified atom stereocenters. The molecule has 0 saturated heterocycles. The zero-order chi connectivity index (χ0) is 28.4. The quantitative estimate of drug-likeness (QED) is 0.501. The Hall–Kier alpha value is -2.90. The first-order chi connectivity index (χ1) is 18.9. The van der Waals surface area contributed by atoms with Crippen LogP contribution in [0.3, 0.4) is 0 Å². The highest BCUT2D eigenvalue weighted by Crippen LogP contribution is 2.64. The molecule has 8 nitrogen and oxygen atoms in total. The summed E-state index contributed by atoms with van der Waals surface area (Å²) in [6, 6.07) is 7.44. The van der Waals surface area contributed by atoms with Gasteiger partial charge < -0.3 is 15.4 Å². The van der Waals surface area contributed by atoms with Crippen molar-refractivity contribution in [3.05, 3.63) is 24.3 Å². The van der Waals surface area contributed by atoms with Crippen LogP contribution in [0.5, 0.6) is 0 Å². The predicted octanol–water partition coefficient (Wildman–Crippen LogP) is 5.22. The molecular weight excluding hydrogens is 506 g/mol. The smallest absolute Gasteiger partial charge is 0.414 e. The molecule has 0 aromatic heterocycles. The standard InChI is InChI=1S/C32H43N3O5/c1-30(2,3)40-29(39)35-13-12-34(24-6-4-5-7-25(24)35)27(37)8-9-31(10-11-31)26(36)16-23-21-14-20-15-22(23)19-32(17-20,18-21)28(33)38/h4-7,20-23H,8-19H2,1-3H3,(H2,33,38). The highest BCUT2D eigenvalue weighted by Gasteiger charge is 2.59. The lowest BCUT2D eigenvalue weighted by molar-refractivity contribution is -0.152. The Morgan fingerprint density at radius 1 is 0.950 bits per heavy atom. The molecule has 0 radical (unpaired) electrons. The Kier molecular flexibility index (Phi) is 6.54. The number of hydrogen-bond donors (Lipinski definition) is 1. The number of fused-ring (bicyclic) bond motifs is 1. The van der Waals surface area contributed by atoms with Gasteiger partial charge in [-0.2, -0.15) is 0 Å². The predicted molar refractivity (Wildman–Crippen MR) is 152 cm³/mol. The van der Waals surface area contributed by atoms with Gasteiger partial charge in [0, 0.05) is 36.8 Å². The molecule has 1 aliphatic heterocycles. The molecule has 1 aromatic rings. The summed E-state index contributed by atoms with van der Waals surface area (Å²) in [6.07, 6.45) is 7.69. The number of ketones is 1. The van der Waals surface area contributed by atoms with E-state index in [0.717, 1.165) is 44.9 Å². The fourth-order valence-electron chi connectivity index (χ4n) is 8.62. The molecule has 2 atom stereocenters. The van der Waals surface area contributed by atoms with Gasteiger partial charge in [0.15, 0.2) is 0 Å². The largest absolute Gasteiger partial charge is 0.443 e. The molecule has 1 aromatic carbocycles. The monoisotopic (exact) mass is 549 g/mol. The lowest BCUT2D eigenvalue weighted by atomic mass is 9.45. The van der Waals surface area contributed by atoms with Gasteiger partial charge in [-0.3, -0.25) is 19.3 Å². The molecule has 0 spiro atoms. The Labute approximate surface area is 237 Å². The van der Waals surface area contributed by atoms with Gasteiger partial charge in [0.25, 0.3) is 0 Å². The van der Waals surface area contributed by atoms with Crippen molar-refractivity contribution < 1.29 is 23.9 Å². The number of carbonyl (C=O) groups is 4. The minimum atomic E-state index is -0.607. The molecule has 5 fully saturated rings. The maximum absolute atomic E-state index is 13.7. The van der Waals surface area contributed by atoms with Crippen LogP contribution in [0.1, 0.15) is 85.0 Å². The molecule has 1 heterocycles. The van der Waals surface area contributed by atoms with E-state index in [1.54, 1.807) is 9.80 Å². The van der Waals surface area contributed by atoms with Crippen LogP contribution in [0.25, 0.3) is 0 Å². The van der Waals surface area contributed by atoms with E-state index in [9.17, 15) is 19.2 Å². The molecule has 4 bridgehead atoms. The van der Waals surface area contributed by atoms with E-state index in [1.165, 1.54) is 0 Å². The summed E-state index contributed by atoms with van der Waals surface area (Å²) in [7, 11) is 0. The molecule has 216 valence electrons. The van der Waals surface area contributed by atoms with Crippen LogP contribution in [0.15, 0.2) is 24.3 Å². The summed E-state index contributed by atoms with van der Waals surface area (Å²) < 4.78 is 5.59. The fourth-order valence-corrected chi connectivity index (χ4v) is 8.62. The lowest BCUT2D eigenvalue weighted by Crippen LogP contribution is -2.56. The molecule has 8 heteroatoms. The van der Waals surface area contributed by atoms with Gasteiger partial charge in [-0.1, -0.05) is 12.1 Å². The first kappa shape index (κ1) is 27.3. The summed E-state index contributed by atoms with van der Waals surface area (Å²) in [5.41, 5.74) is 5.92. The third kappa shape index (κ3) is 4.81. The van der Waals surface area contributed by atoms with E-state index in [4.69, 9.17) is 10.5 Å². The number of para-hydroxylation sites is 2. The SMILES string of the molecule is CC(C)(C)OC(=O)N1CCN(C(=O)CCC2(C(=O)CC3C4CC5CC3CC(C(N)=O)(C5)C4)CC2)c2ccccc21. The van der Waals surface area contributed by atoms with Crippen LogP contribution in [0.4, 0.5) is 16.2 Å². The van der Waals surface area contributed by atoms with Gasteiger partial charge in [-0.25, -0.2) is 4.79 Å². The van der Waals surface area contributed by atoms with Crippen molar-refractivity contribution in [1.29, 1.82) is 0 Å². The number of hydrogen-bond acceptors (Lipinski definition) is 5. The molecule has 6 aliphatic rings. The second-order valence-corrected chi connectivity index (χ2v) is 14.4. The third-order valence-electron chi connectivity index (χ3n) is 10.6. The molecule has 5 aliphatic carbocycles. The number of rotatable bonds is 7. The maximum atomic E-state index is 13.7. The number of primary amides is 1. The van der Waals surface area contributed by atoms with Crippen LogP contribution in [-0.4, -0.2) is 42.4 Å². The van der Waals surface area contributed by atoms with Crippen molar-refractivity contribution in [3.8, 4) is 0 Å². The summed E-state index contributed by atoms with van der Waals surface area (Å²) in [6.45, 7) is 6.27. The summed E-state index contributed by atoms with van der Waals surface area (Å²) in [4.78, 5) is 55.7. The lowest BCUT2D eigenvalue weighted by Gasteiger charge is -2.59. The number of ether oxygens (including phenoxy) is 1. The van der Waals surface area contributed by atoms with Crippen molar-refractivity contribution in [3.63, 3.8) is 0 Å². The van der Waals surface area contributed by atoms with Crippen molar-refractivity contribution in [2.75, 3.05) is 22.9 Å². The number of amides is 3. The Morgan fingerprint density at radius 3 is 2.12 bits per heavy atom. The number of carbonyl (C=O) groups excluding carboxylic acids is 4. The molecule has 7 rings (SSSR count). The van der Waals surface area contributed by atoms with E-state index >= 15 is 0 Å². The normalized spacial score (nSPS) is 31.5. The molecule has 40 heavy (non-hydrogen) atoms. The second-order valence-electron chi connectivity index (χ2n) is 14.4. The number of anilines is 2. The first-order valence-corrected chi connectivity index (χ1v) is 15.1. The Balaban J connectivity index is 1.08. The van der Waals surface area contributed by atoms with Gasteiger partial charge in [-0.15, -0.1) is 0 Å². The second kappa shape index (κ2) is 9.59. The average molecular weight is 550 g/mol. The molecule has 2 N–H and O–H groups in total. The summed E-state index contributed by atoms with van der Waals surface area (Å²) in [5.74, 6) is 1.98. The van der Waals surface area contributed by atoms with E-state index in [2.05, 4.69) is 0 Å². The van der Waals surface area contributed by atoms with Crippen LogP contribution in [-0.2, 0) is 19.1 Å². The van der Waals surface area contributed by atoms with E-state index in [0.29, 0.717) is 73.2 Å². The van der Waals surface area contributed by atoms with E-state index in [1.807, 2.05) is 45.0 Å². The molecular formula is C32H43N3O5. The van der Waals surface area contributed by atoms with Gasteiger partial charge in [0.2, 0.25) is 11.8 Å². The zero-order valence-electron chi connectivity index (χ0n) is 24.1. The van der Waals surface area contributed by atoms with Crippen molar-refractivity contribution in [2.45, 2.75) is 90.6 Å². The Morgan fingerprint density at radius 2 is 1.55 bits per heavy atom. The zero-order valence-corrected chi connectivity index (χ0v) is 24.1. The highest BCUT2D eigenvalue weighted by atomic mass is 16.6.